The summed E-state index contributed by atoms with van der Waals surface area (Å²) in [5, 5.41) is 8.81. The van der Waals surface area contributed by atoms with Crippen LogP contribution in [-0.4, -0.2) is 30.9 Å². The molecule has 0 aliphatic carbocycles. The molecule has 2 amide bonds. The average molecular weight is 275 g/mol. The van der Waals surface area contributed by atoms with Gasteiger partial charge in [-0.3, -0.25) is 9.59 Å². The number of hydrogen-bond donors (Lipinski definition) is 3. The number of hydrogen-bond acceptors (Lipinski definition) is 3. The van der Waals surface area contributed by atoms with Crippen LogP contribution in [0.4, 0.5) is 5.69 Å². The summed E-state index contributed by atoms with van der Waals surface area (Å²) in [6.07, 6.45) is 2.58. The van der Waals surface area contributed by atoms with E-state index in [1.54, 1.807) is 6.07 Å². The topological polar surface area (TPSA) is 70.2 Å². The fraction of sp³-hybridized carbons (Fsp3) is 0.467. The van der Waals surface area contributed by atoms with E-state index in [1.165, 1.54) is 0 Å². The molecule has 5 nitrogen and oxygen atoms in total. The van der Waals surface area contributed by atoms with E-state index < -0.39 is 6.04 Å². The highest BCUT2D eigenvalue weighted by molar-refractivity contribution is 6.01. The molecule has 1 aliphatic rings. The molecule has 3 N–H and O–H groups in total. The van der Waals surface area contributed by atoms with Gasteiger partial charge in [0.25, 0.3) is 5.91 Å². The summed E-state index contributed by atoms with van der Waals surface area (Å²) in [7, 11) is 0. The van der Waals surface area contributed by atoms with Crippen molar-refractivity contribution in [2.45, 2.75) is 32.2 Å². The lowest BCUT2D eigenvalue weighted by Gasteiger charge is -2.23. The van der Waals surface area contributed by atoms with E-state index in [2.05, 4.69) is 22.9 Å². The quantitative estimate of drug-likeness (QED) is 0.763. The molecule has 20 heavy (non-hydrogen) atoms. The Morgan fingerprint density at radius 2 is 2.20 bits per heavy atom. The van der Waals surface area contributed by atoms with Gasteiger partial charge in [0.05, 0.1) is 5.56 Å². The van der Waals surface area contributed by atoms with Crippen molar-refractivity contribution in [3.8, 4) is 0 Å². The molecule has 2 rings (SSSR count). The zero-order valence-corrected chi connectivity index (χ0v) is 11.7. The van der Waals surface area contributed by atoms with Crippen molar-refractivity contribution in [2.75, 3.05) is 18.4 Å². The zero-order valence-electron chi connectivity index (χ0n) is 11.7. The number of piperidine rings is 1. The second-order valence-electron chi connectivity index (χ2n) is 4.93. The number of carbonyl (C=O) groups is 2. The van der Waals surface area contributed by atoms with Gasteiger partial charge in [-0.25, -0.2) is 0 Å². The maximum atomic E-state index is 12.3. The van der Waals surface area contributed by atoms with Gasteiger partial charge in [-0.1, -0.05) is 19.1 Å². The Hall–Kier alpha value is -2.04. The smallest absolute Gasteiger partial charge is 0.254 e. The summed E-state index contributed by atoms with van der Waals surface area (Å²) in [5.41, 5.74) is 1.39. The van der Waals surface area contributed by atoms with Crippen molar-refractivity contribution < 1.29 is 9.59 Å². The standard InChI is InChI=1S/C15H21N3O2/c1-2-9-16-12-7-4-3-6-11(12)14(19)18-13-8-5-10-17-15(13)20/h3-4,6-7,13,16H,2,5,8-10H2,1H3,(H,17,20)(H,18,19). The molecule has 1 saturated heterocycles. The molecule has 1 aromatic rings. The molecule has 108 valence electrons. The number of rotatable bonds is 5. The SMILES string of the molecule is CCCNc1ccccc1C(=O)NC1CCCNC1=O. The summed E-state index contributed by atoms with van der Waals surface area (Å²) >= 11 is 0. The number of para-hydroxylation sites is 1. The van der Waals surface area contributed by atoms with Gasteiger partial charge in [0.15, 0.2) is 0 Å². The molecule has 1 unspecified atom stereocenters. The molecule has 0 saturated carbocycles. The molecule has 1 fully saturated rings. The van der Waals surface area contributed by atoms with Crippen LogP contribution in [0, 0.1) is 0 Å². The normalized spacial score (nSPS) is 18.2. The van der Waals surface area contributed by atoms with Crippen LogP contribution in [-0.2, 0) is 4.79 Å². The molecule has 0 bridgehead atoms. The van der Waals surface area contributed by atoms with Crippen LogP contribution in [0.25, 0.3) is 0 Å². The predicted octanol–water partition coefficient (Wildman–Crippen LogP) is 1.52. The number of carbonyl (C=O) groups excluding carboxylic acids is 2. The van der Waals surface area contributed by atoms with Gasteiger partial charge in [0.1, 0.15) is 6.04 Å². The first kappa shape index (κ1) is 14.4. The number of benzene rings is 1. The molecule has 0 spiro atoms. The van der Waals surface area contributed by atoms with Crippen molar-refractivity contribution in [3.63, 3.8) is 0 Å². The Balaban J connectivity index is 2.06. The monoisotopic (exact) mass is 275 g/mol. The first-order chi connectivity index (χ1) is 9.72. The lowest BCUT2D eigenvalue weighted by Crippen LogP contribution is -2.50. The van der Waals surface area contributed by atoms with Crippen LogP contribution in [0.2, 0.25) is 0 Å². The minimum atomic E-state index is -0.421. The highest BCUT2D eigenvalue weighted by Crippen LogP contribution is 2.15. The Bertz CT molecular complexity index is 488. The van der Waals surface area contributed by atoms with Crippen molar-refractivity contribution >= 4 is 17.5 Å². The molecular formula is C15H21N3O2. The molecular weight excluding hydrogens is 254 g/mol. The van der Waals surface area contributed by atoms with Crippen LogP contribution in [0.3, 0.4) is 0 Å². The van der Waals surface area contributed by atoms with Crippen LogP contribution < -0.4 is 16.0 Å². The van der Waals surface area contributed by atoms with E-state index in [4.69, 9.17) is 0 Å². The van der Waals surface area contributed by atoms with Crippen LogP contribution in [0.1, 0.15) is 36.5 Å². The van der Waals surface area contributed by atoms with E-state index in [9.17, 15) is 9.59 Å². The highest BCUT2D eigenvalue weighted by atomic mass is 16.2. The average Bonchev–Trinajstić information content (AvgIpc) is 2.47. The first-order valence-electron chi connectivity index (χ1n) is 7.14. The third-order valence-corrected chi connectivity index (χ3v) is 3.33. The Kier molecular flexibility index (Phi) is 4.98. The Morgan fingerprint density at radius 1 is 1.40 bits per heavy atom. The lowest BCUT2D eigenvalue weighted by molar-refractivity contribution is -0.124. The van der Waals surface area contributed by atoms with Gasteiger partial charge in [0, 0.05) is 18.8 Å². The van der Waals surface area contributed by atoms with Crippen molar-refractivity contribution in [2.24, 2.45) is 0 Å². The number of amides is 2. The molecule has 0 radical (unpaired) electrons. The van der Waals surface area contributed by atoms with E-state index in [0.29, 0.717) is 18.5 Å². The van der Waals surface area contributed by atoms with Gasteiger partial charge in [0.2, 0.25) is 5.91 Å². The Morgan fingerprint density at radius 3 is 2.95 bits per heavy atom. The zero-order chi connectivity index (χ0) is 14.4. The maximum Gasteiger partial charge on any atom is 0.254 e. The highest BCUT2D eigenvalue weighted by Gasteiger charge is 2.24. The van der Waals surface area contributed by atoms with E-state index >= 15 is 0 Å². The summed E-state index contributed by atoms with van der Waals surface area (Å²) in [4.78, 5) is 24.0. The van der Waals surface area contributed by atoms with Gasteiger partial charge in [-0.15, -0.1) is 0 Å². The molecule has 1 aromatic carbocycles. The molecule has 1 aliphatic heterocycles. The third-order valence-electron chi connectivity index (χ3n) is 3.33. The van der Waals surface area contributed by atoms with Crippen LogP contribution in [0.15, 0.2) is 24.3 Å². The fourth-order valence-electron chi connectivity index (χ4n) is 2.24. The second kappa shape index (κ2) is 6.93. The summed E-state index contributed by atoms with van der Waals surface area (Å²) in [5.74, 6) is -0.296. The van der Waals surface area contributed by atoms with E-state index in [-0.39, 0.29) is 11.8 Å². The van der Waals surface area contributed by atoms with Crippen LogP contribution in [0.5, 0.6) is 0 Å². The van der Waals surface area contributed by atoms with E-state index in [1.807, 2.05) is 18.2 Å². The molecule has 1 heterocycles. The Labute approximate surface area is 119 Å². The molecule has 5 heteroatoms. The molecule has 1 atom stereocenters. The first-order valence-corrected chi connectivity index (χ1v) is 7.14. The second-order valence-corrected chi connectivity index (χ2v) is 4.93. The fourth-order valence-corrected chi connectivity index (χ4v) is 2.24. The van der Waals surface area contributed by atoms with Crippen molar-refractivity contribution in [3.05, 3.63) is 29.8 Å². The summed E-state index contributed by atoms with van der Waals surface area (Å²) in [6, 6.07) is 6.95. The maximum absolute atomic E-state index is 12.3. The third kappa shape index (κ3) is 3.50. The van der Waals surface area contributed by atoms with Gasteiger partial charge < -0.3 is 16.0 Å². The summed E-state index contributed by atoms with van der Waals surface area (Å²) in [6.45, 7) is 3.58. The van der Waals surface area contributed by atoms with Crippen molar-refractivity contribution in [1.29, 1.82) is 0 Å². The summed E-state index contributed by atoms with van der Waals surface area (Å²) < 4.78 is 0. The lowest BCUT2D eigenvalue weighted by atomic mass is 10.1. The van der Waals surface area contributed by atoms with Gasteiger partial charge in [-0.05, 0) is 31.4 Å². The van der Waals surface area contributed by atoms with Gasteiger partial charge >= 0.3 is 0 Å². The minimum absolute atomic E-state index is 0.0939. The number of anilines is 1. The van der Waals surface area contributed by atoms with E-state index in [0.717, 1.165) is 25.1 Å². The number of nitrogens with one attached hydrogen (secondary N) is 3. The van der Waals surface area contributed by atoms with Gasteiger partial charge in [-0.2, -0.15) is 0 Å². The minimum Gasteiger partial charge on any atom is -0.384 e. The van der Waals surface area contributed by atoms with Crippen LogP contribution >= 0.6 is 0 Å². The largest absolute Gasteiger partial charge is 0.384 e. The molecule has 0 aromatic heterocycles. The van der Waals surface area contributed by atoms with Crippen molar-refractivity contribution in [1.82, 2.24) is 10.6 Å². The predicted molar refractivity (Wildman–Crippen MR) is 78.7 cm³/mol.